The predicted molar refractivity (Wildman–Crippen MR) is 144 cm³/mol. The number of fused-ring (bicyclic) bond motifs is 1. The molecule has 2 N–H and O–H groups in total. The maximum absolute atomic E-state index is 13.8. The van der Waals surface area contributed by atoms with Crippen LogP contribution in [0.4, 0.5) is 10.2 Å². The fourth-order valence-corrected chi connectivity index (χ4v) is 4.45. The summed E-state index contributed by atoms with van der Waals surface area (Å²) in [6.45, 7) is 4.87. The number of hydrogen-bond acceptors (Lipinski definition) is 6. The van der Waals surface area contributed by atoms with E-state index < -0.39 is 5.67 Å². The van der Waals surface area contributed by atoms with Gasteiger partial charge in [0, 0.05) is 18.7 Å². The quantitative estimate of drug-likeness (QED) is 0.410. The topological polar surface area (TPSA) is 98.1 Å². The van der Waals surface area contributed by atoms with Gasteiger partial charge in [-0.15, -0.1) is 0 Å². The monoisotopic (exact) mass is 525 g/mol. The van der Waals surface area contributed by atoms with Crippen molar-refractivity contribution in [2.75, 3.05) is 23.9 Å². The molecule has 1 aliphatic rings. The fraction of sp³-hybridized carbons (Fsp3) is 0.407. The van der Waals surface area contributed by atoms with Gasteiger partial charge in [0.1, 0.15) is 23.6 Å². The number of amides is 2. The highest BCUT2D eigenvalue weighted by molar-refractivity contribution is 7.99. The van der Waals surface area contributed by atoms with Crippen LogP contribution in [0.1, 0.15) is 47.4 Å². The first-order chi connectivity index (χ1) is 17.6. The molecule has 1 unspecified atom stereocenters. The summed E-state index contributed by atoms with van der Waals surface area (Å²) in [6, 6.07) is 11.2. The lowest BCUT2D eigenvalue weighted by Crippen LogP contribution is -2.41. The highest BCUT2D eigenvalue weighted by Gasteiger charge is 2.33. The number of anilines is 1. The van der Waals surface area contributed by atoms with Crippen LogP contribution < -0.4 is 15.4 Å². The van der Waals surface area contributed by atoms with Crippen LogP contribution >= 0.6 is 11.8 Å². The molecule has 4 rings (SSSR count). The number of ether oxygens (including phenoxy) is 1. The Labute approximate surface area is 220 Å². The number of carbonyl (C=O) groups excluding carboxylic acids is 2. The van der Waals surface area contributed by atoms with E-state index in [4.69, 9.17) is 9.84 Å². The molecule has 0 saturated heterocycles. The lowest BCUT2D eigenvalue weighted by molar-refractivity contribution is -0.113. The molecule has 37 heavy (non-hydrogen) atoms. The fourth-order valence-electron chi connectivity index (χ4n) is 4.11. The lowest BCUT2D eigenvalue weighted by Gasteiger charge is -2.23. The summed E-state index contributed by atoms with van der Waals surface area (Å²) >= 11 is 1.40. The maximum atomic E-state index is 13.8. The molecule has 3 heterocycles. The van der Waals surface area contributed by atoms with E-state index in [1.165, 1.54) is 30.3 Å². The van der Waals surface area contributed by atoms with Crippen LogP contribution in [0.3, 0.4) is 0 Å². The number of aryl methyl sites for hydroxylation is 2. The molecule has 0 fully saturated rings. The van der Waals surface area contributed by atoms with Crippen molar-refractivity contribution in [1.29, 1.82) is 0 Å². The normalized spacial score (nSPS) is 15.2. The number of benzene rings is 1. The van der Waals surface area contributed by atoms with Gasteiger partial charge in [-0.1, -0.05) is 18.2 Å². The van der Waals surface area contributed by atoms with Gasteiger partial charge in [0.05, 0.1) is 11.4 Å². The Bertz CT molecular complexity index is 1270. The van der Waals surface area contributed by atoms with Crippen LogP contribution in [0.2, 0.25) is 0 Å². The predicted octanol–water partition coefficient (Wildman–Crippen LogP) is 4.29. The number of halogens is 1. The summed E-state index contributed by atoms with van der Waals surface area (Å²) < 4.78 is 20.9. The molecule has 0 saturated carbocycles. The van der Waals surface area contributed by atoms with Crippen LogP contribution in [0.5, 0.6) is 5.75 Å². The molecule has 0 aliphatic carbocycles. The van der Waals surface area contributed by atoms with E-state index in [0.29, 0.717) is 47.9 Å². The largest absolute Gasteiger partial charge is 0.490 e. The molecule has 3 aromatic rings. The number of thioether (sulfide) groups is 1. The van der Waals surface area contributed by atoms with E-state index in [1.807, 2.05) is 49.6 Å². The summed E-state index contributed by atoms with van der Waals surface area (Å²) in [7, 11) is 0. The number of carbonyl (C=O) groups is 2. The minimum atomic E-state index is -1.41. The maximum Gasteiger partial charge on any atom is 0.257 e. The molecular weight excluding hydrogens is 493 g/mol. The Kier molecular flexibility index (Phi) is 8.16. The molecule has 0 bridgehead atoms. The zero-order valence-corrected chi connectivity index (χ0v) is 22.3. The van der Waals surface area contributed by atoms with Gasteiger partial charge in [-0.3, -0.25) is 9.59 Å². The van der Waals surface area contributed by atoms with Crippen molar-refractivity contribution in [3.8, 4) is 11.6 Å². The number of rotatable bonds is 10. The third-order valence-corrected chi connectivity index (χ3v) is 6.42. The summed E-state index contributed by atoms with van der Waals surface area (Å²) in [5.41, 5.74) is 1.61. The first-order valence-electron chi connectivity index (χ1n) is 12.2. The van der Waals surface area contributed by atoms with Crippen molar-refractivity contribution in [3.63, 3.8) is 0 Å². The van der Waals surface area contributed by atoms with Crippen LogP contribution in [0.15, 0.2) is 42.6 Å². The number of hydrogen-bond donors (Lipinski definition) is 2. The van der Waals surface area contributed by atoms with Crippen LogP contribution in [-0.2, 0) is 17.6 Å². The molecule has 196 valence electrons. The van der Waals surface area contributed by atoms with Crippen LogP contribution in [0.25, 0.3) is 5.82 Å². The molecule has 2 amide bonds. The molecule has 2 aromatic heterocycles. The Morgan fingerprint density at radius 2 is 2.14 bits per heavy atom. The van der Waals surface area contributed by atoms with Gasteiger partial charge >= 0.3 is 0 Å². The molecule has 0 spiro atoms. The number of alkyl halides is 1. The van der Waals surface area contributed by atoms with Crippen molar-refractivity contribution >= 4 is 29.4 Å². The number of pyridine rings is 1. The van der Waals surface area contributed by atoms with Gasteiger partial charge in [-0.25, -0.2) is 9.37 Å². The van der Waals surface area contributed by atoms with Crippen molar-refractivity contribution < 1.29 is 18.7 Å². The average Bonchev–Trinajstić information content (AvgIpc) is 3.20. The minimum absolute atomic E-state index is 0.0216. The van der Waals surface area contributed by atoms with E-state index in [0.717, 1.165) is 11.1 Å². The van der Waals surface area contributed by atoms with Crippen LogP contribution in [0, 0.1) is 6.92 Å². The van der Waals surface area contributed by atoms with Gasteiger partial charge in [-0.2, -0.15) is 21.5 Å². The Hall–Kier alpha value is -3.40. The molecule has 1 atom stereocenters. The second-order valence-electron chi connectivity index (χ2n) is 9.83. The summed E-state index contributed by atoms with van der Waals surface area (Å²) in [5, 5.41) is 10.6. The van der Waals surface area contributed by atoms with E-state index in [-0.39, 0.29) is 30.2 Å². The number of nitrogens with one attached hydrogen (secondary N) is 2. The highest BCUT2D eigenvalue weighted by Crippen LogP contribution is 2.29. The second-order valence-corrected chi connectivity index (χ2v) is 10.7. The third kappa shape index (κ3) is 6.88. The smallest absolute Gasteiger partial charge is 0.257 e. The molecule has 10 heteroatoms. The van der Waals surface area contributed by atoms with Crippen molar-refractivity contribution in [3.05, 3.63) is 65.0 Å². The van der Waals surface area contributed by atoms with Crippen molar-refractivity contribution in [1.82, 2.24) is 20.1 Å². The Morgan fingerprint density at radius 3 is 2.84 bits per heavy atom. The van der Waals surface area contributed by atoms with Gasteiger partial charge in [0.15, 0.2) is 11.6 Å². The average molecular weight is 526 g/mol. The zero-order valence-electron chi connectivity index (χ0n) is 21.5. The summed E-state index contributed by atoms with van der Waals surface area (Å²) in [5.74, 6) is 1.26. The molecule has 1 aliphatic heterocycles. The van der Waals surface area contributed by atoms with E-state index >= 15 is 0 Å². The molecular formula is C27H32FN5O3S. The molecule has 0 radical (unpaired) electrons. The van der Waals surface area contributed by atoms with E-state index in [1.54, 1.807) is 6.20 Å². The standard InChI is InChI=1S/C27H32FN5O3S/c1-17-8-11-22(29-14-17)33-25(31-23(34)15-37-4)24-21(32-33)13-19(30-26(24)35)10-9-18-6-5-7-20(12-18)36-16-27(2,3)28/h5-8,11-12,14,19H,9-10,13,15-16H2,1-4H3,(H,30,35)(H,31,34). The molecule has 8 nitrogen and oxygen atoms in total. The Morgan fingerprint density at radius 1 is 1.32 bits per heavy atom. The van der Waals surface area contributed by atoms with E-state index in [2.05, 4.69) is 15.6 Å². The highest BCUT2D eigenvalue weighted by atomic mass is 32.2. The van der Waals surface area contributed by atoms with Crippen molar-refractivity contribution in [2.45, 2.75) is 51.7 Å². The minimum Gasteiger partial charge on any atom is -0.490 e. The first kappa shape index (κ1) is 26.7. The van der Waals surface area contributed by atoms with E-state index in [9.17, 15) is 14.0 Å². The zero-order chi connectivity index (χ0) is 26.6. The molecule has 1 aromatic carbocycles. The summed E-state index contributed by atoms with van der Waals surface area (Å²) in [6.07, 6.45) is 5.48. The SMILES string of the molecule is CSCC(=O)Nc1c2c(nn1-c1ccc(C)cn1)CC(CCc1cccc(OCC(C)(C)F)c1)NC2=O. The summed E-state index contributed by atoms with van der Waals surface area (Å²) in [4.78, 5) is 30.1. The van der Waals surface area contributed by atoms with Gasteiger partial charge in [0.2, 0.25) is 5.91 Å². The lowest BCUT2D eigenvalue weighted by atomic mass is 9.96. The van der Waals surface area contributed by atoms with Crippen LogP contribution in [-0.4, -0.2) is 56.9 Å². The van der Waals surface area contributed by atoms with Gasteiger partial charge < -0.3 is 15.4 Å². The van der Waals surface area contributed by atoms with Crippen molar-refractivity contribution in [2.24, 2.45) is 0 Å². The third-order valence-electron chi connectivity index (χ3n) is 5.87. The second kappa shape index (κ2) is 11.3. The van der Waals surface area contributed by atoms with Gasteiger partial charge in [0.25, 0.3) is 5.91 Å². The Balaban J connectivity index is 1.52. The number of aromatic nitrogens is 3. The number of nitrogens with zero attached hydrogens (tertiary/aromatic N) is 3. The van der Waals surface area contributed by atoms with Gasteiger partial charge in [-0.05, 0) is 69.2 Å². The first-order valence-corrected chi connectivity index (χ1v) is 13.6.